The molecule has 0 spiro atoms. The van der Waals surface area contributed by atoms with Gasteiger partial charge >= 0.3 is 5.97 Å². The molecule has 0 heterocycles. The molecule has 3 aliphatic carbocycles. The van der Waals surface area contributed by atoms with Crippen LogP contribution in [0, 0.1) is 17.3 Å². The van der Waals surface area contributed by atoms with E-state index < -0.39 is 5.97 Å². The quantitative estimate of drug-likeness (QED) is 0.686. The lowest BCUT2D eigenvalue weighted by molar-refractivity contribution is -0.0429. The summed E-state index contributed by atoms with van der Waals surface area (Å²) in [5.41, 5.74) is 3.23. The third kappa shape index (κ3) is 3.00. The van der Waals surface area contributed by atoms with Gasteiger partial charge in [0.25, 0.3) is 0 Å². The van der Waals surface area contributed by atoms with Crippen LogP contribution in [-0.2, 0) is 11.2 Å². The van der Waals surface area contributed by atoms with Crippen LogP contribution in [0.15, 0.2) is 42.5 Å². The molecule has 0 radical (unpaired) electrons. The van der Waals surface area contributed by atoms with Crippen molar-refractivity contribution in [1.29, 1.82) is 0 Å². The molecule has 158 valence electrons. The standard InChI is InChI=1S/C26H30O4/c1-26-14-13-19-18-10-8-17(29-2)15-16(18)7-9-20(19)22(26)11-12-24(26)30-25(28)21-5-3-4-6-23(21)27/h3-6,8,10,15,19-20,22,24,27H,7,9,11-14H2,1-2H3/t19-,20-,22+,24+,26+/m1/s1. The molecule has 3 aliphatic rings. The molecule has 2 saturated carbocycles. The number of hydrogen-bond donors (Lipinski definition) is 1. The van der Waals surface area contributed by atoms with E-state index >= 15 is 0 Å². The molecule has 1 N–H and O–H groups in total. The van der Waals surface area contributed by atoms with E-state index in [1.165, 1.54) is 23.6 Å². The molecule has 30 heavy (non-hydrogen) atoms. The number of para-hydroxylation sites is 1. The van der Waals surface area contributed by atoms with Crippen LogP contribution < -0.4 is 4.74 Å². The largest absolute Gasteiger partial charge is 0.507 e. The molecule has 0 unspecified atom stereocenters. The monoisotopic (exact) mass is 406 g/mol. The smallest absolute Gasteiger partial charge is 0.342 e. The number of carbonyl (C=O) groups excluding carboxylic acids is 1. The van der Waals surface area contributed by atoms with Crippen molar-refractivity contribution in [2.24, 2.45) is 17.3 Å². The first-order chi connectivity index (χ1) is 14.5. The number of carbonyl (C=O) groups is 1. The zero-order chi connectivity index (χ0) is 20.9. The average Bonchev–Trinajstić information content (AvgIpc) is 3.09. The molecule has 0 saturated heterocycles. The van der Waals surface area contributed by atoms with Gasteiger partial charge in [-0.25, -0.2) is 4.79 Å². The van der Waals surface area contributed by atoms with Crippen LogP contribution in [0.1, 0.15) is 66.4 Å². The number of rotatable bonds is 3. The first-order valence-electron chi connectivity index (χ1n) is 11.2. The Morgan fingerprint density at radius 2 is 1.93 bits per heavy atom. The van der Waals surface area contributed by atoms with E-state index in [-0.39, 0.29) is 22.8 Å². The Morgan fingerprint density at radius 3 is 2.73 bits per heavy atom. The van der Waals surface area contributed by atoms with E-state index in [9.17, 15) is 9.90 Å². The third-order valence-electron chi connectivity index (χ3n) is 8.22. The van der Waals surface area contributed by atoms with E-state index in [4.69, 9.17) is 9.47 Å². The van der Waals surface area contributed by atoms with E-state index in [1.54, 1.807) is 25.3 Å². The molecule has 0 bridgehead atoms. The van der Waals surface area contributed by atoms with Gasteiger partial charge in [-0.15, -0.1) is 0 Å². The molecule has 4 nitrogen and oxygen atoms in total. The average molecular weight is 407 g/mol. The van der Waals surface area contributed by atoms with Gasteiger partial charge in [-0.2, -0.15) is 0 Å². The Morgan fingerprint density at radius 1 is 1.10 bits per heavy atom. The third-order valence-corrected chi connectivity index (χ3v) is 8.22. The number of ether oxygens (including phenoxy) is 2. The normalized spacial score (nSPS) is 31.9. The van der Waals surface area contributed by atoms with Gasteiger partial charge in [-0.05, 0) is 91.7 Å². The Balaban J connectivity index is 1.36. The van der Waals surface area contributed by atoms with Gasteiger partial charge in [-0.1, -0.05) is 25.1 Å². The summed E-state index contributed by atoms with van der Waals surface area (Å²) in [6.45, 7) is 2.33. The van der Waals surface area contributed by atoms with E-state index in [1.807, 2.05) is 0 Å². The lowest BCUT2D eigenvalue weighted by atomic mass is 9.55. The van der Waals surface area contributed by atoms with Crippen LogP contribution in [-0.4, -0.2) is 24.3 Å². The highest BCUT2D eigenvalue weighted by molar-refractivity contribution is 5.92. The fraction of sp³-hybridized carbons (Fsp3) is 0.500. The maximum atomic E-state index is 12.8. The zero-order valence-electron chi connectivity index (χ0n) is 17.8. The second-order valence-electron chi connectivity index (χ2n) is 9.51. The van der Waals surface area contributed by atoms with Gasteiger partial charge in [0.15, 0.2) is 0 Å². The van der Waals surface area contributed by atoms with Gasteiger partial charge < -0.3 is 14.6 Å². The van der Waals surface area contributed by atoms with Crippen LogP contribution >= 0.6 is 0 Å². The van der Waals surface area contributed by atoms with Gasteiger partial charge in [-0.3, -0.25) is 0 Å². The molecular weight excluding hydrogens is 376 g/mol. The number of benzene rings is 2. The Bertz CT molecular complexity index is 967. The highest BCUT2D eigenvalue weighted by Crippen LogP contribution is 2.61. The number of fused-ring (bicyclic) bond motifs is 5. The summed E-state index contributed by atoms with van der Waals surface area (Å²) in [7, 11) is 1.73. The molecule has 2 fully saturated rings. The Labute approximate surface area is 178 Å². The van der Waals surface area contributed by atoms with Crippen molar-refractivity contribution in [1.82, 2.24) is 0 Å². The lowest BCUT2D eigenvalue weighted by Crippen LogP contribution is -2.45. The Hall–Kier alpha value is -2.49. The van der Waals surface area contributed by atoms with Crippen LogP contribution in [0.3, 0.4) is 0 Å². The van der Waals surface area contributed by atoms with Gasteiger partial charge in [0.2, 0.25) is 0 Å². The maximum Gasteiger partial charge on any atom is 0.342 e. The molecule has 2 aromatic carbocycles. The molecule has 4 heteroatoms. The fourth-order valence-electron chi connectivity index (χ4n) is 6.67. The number of methoxy groups -OCH3 is 1. The number of aryl methyl sites for hydroxylation is 1. The molecule has 0 aromatic heterocycles. The van der Waals surface area contributed by atoms with Crippen LogP contribution in [0.4, 0.5) is 0 Å². The van der Waals surface area contributed by atoms with Crippen molar-refractivity contribution >= 4 is 5.97 Å². The van der Waals surface area contributed by atoms with E-state index in [0.29, 0.717) is 17.8 Å². The minimum absolute atomic E-state index is 0.00905. The van der Waals surface area contributed by atoms with Crippen molar-refractivity contribution in [3.63, 3.8) is 0 Å². The summed E-state index contributed by atoms with van der Waals surface area (Å²) in [6.07, 6.45) is 6.47. The molecule has 2 aromatic rings. The molecule has 0 aliphatic heterocycles. The fourth-order valence-corrected chi connectivity index (χ4v) is 6.67. The minimum atomic E-state index is -0.400. The molecule has 5 atom stereocenters. The first-order valence-corrected chi connectivity index (χ1v) is 11.2. The topological polar surface area (TPSA) is 55.8 Å². The predicted molar refractivity (Wildman–Crippen MR) is 115 cm³/mol. The highest BCUT2D eigenvalue weighted by Gasteiger charge is 2.56. The summed E-state index contributed by atoms with van der Waals surface area (Å²) in [6, 6.07) is 13.2. The van der Waals surface area contributed by atoms with Gasteiger partial charge in [0.05, 0.1) is 7.11 Å². The molecule has 0 amide bonds. The summed E-state index contributed by atoms with van der Waals surface area (Å²) >= 11 is 0. The number of esters is 1. The van der Waals surface area contributed by atoms with E-state index in [2.05, 4.69) is 25.1 Å². The van der Waals surface area contributed by atoms with Crippen molar-refractivity contribution < 1.29 is 19.4 Å². The second kappa shape index (κ2) is 7.33. The van der Waals surface area contributed by atoms with Gasteiger partial charge in [0, 0.05) is 5.41 Å². The second-order valence-corrected chi connectivity index (χ2v) is 9.51. The molecular formula is C26H30O4. The van der Waals surface area contributed by atoms with Crippen LogP contribution in [0.5, 0.6) is 11.5 Å². The van der Waals surface area contributed by atoms with Crippen molar-refractivity contribution in [2.45, 2.75) is 57.5 Å². The number of phenols is 1. The van der Waals surface area contributed by atoms with Crippen molar-refractivity contribution in [3.05, 3.63) is 59.2 Å². The summed E-state index contributed by atoms with van der Waals surface area (Å²) in [5.74, 6) is 2.37. The summed E-state index contributed by atoms with van der Waals surface area (Å²) < 4.78 is 11.4. The first kappa shape index (κ1) is 19.5. The number of aromatic hydroxyl groups is 1. The van der Waals surface area contributed by atoms with Crippen molar-refractivity contribution in [2.75, 3.05) is 7.11 Å². The van der Waals surface area contributed by atoms with Crippen LogP contribution in [0.25, 0.3) is 0 Å². The minimum Gasteiger partial charge on any atom is -0.507 e. The summed E-state index contributed by atoms with van der Waals surface area (Å²) in [4.78, 5) is 12.8. The SMILES string of the molecule is COc1ccc2c(c1)CC[C@@H]1[C@@H]2CC[C@]2(C)[C@@H](OC(=O)c3ccccc3O)CC[C@@H]12. The summed E-state index contributed by atoms with van der Waals surface area (Å²) in [5, 5.41) is 10.0. The van der Waals surface area contributed by atoms with E-state index in [0.717, 1.165) is 37.9 Å². The lowest BCUT2D eigenvalue weighted by Gasteiger charge is -2.50. The van der Waals surface area contributed by atoms with Gasteiger partial charge in [0.1, 0.15) is 23.2 Å². The zero-order valence-corrected chi connectivity index (χ0v) is 17.8. The maximum absolute atomic E-state index is 12.8. The predicted octanol–water partition coefficient (Wildman–Crippen LogP) is 5.48. The highest BCUT2D eigenvalue weighted by atomic mass is 16.5. The molecule has 5 rings (SSSR count). The Kier molecular flexibility index (Phi) is 4.76. The van der Waals surface area contributed by atoms with Crippen LogP contribution in [0.2, 0.25) is 0 Å². The number of hydrogen-bond acceptors (Lipinski definition) is 4. The van der Waals surface area contributed by atoms with Crippen molar-refractivity contribution in [3.8, 4) is 11.5 Å². The number of phenolic OH excluding ortho intramolecular Hbond substituents is 1.